The van der Waals surface area contributed by atoms with Gasteiger partial charge >= 0.3 is 0 Å². The monoisotopic (exact) mass is 452 g/mol. The smallest absolute Gasteiger partial charge is 0.261 e. The fraction of sp³-hybridized carbons (Fsp3) is 0.208. The Bertz CT molecular complexity index is 1220. The van der Waals surface area contributed by atoms with Crippen LogP contribution in [-0.4, -0.2) is 27.5 Å². The summed E-state index contributed by atoms with van der Waals surface area (Å²) < 4.78 is 38.9. The highest BCUT2D eigenvalue weighted by Gasteiger charge is 2.18. The summed E-state index contributed by atoms with van der Waals surface area (Å²) in [5, 5.41) is 2.92. The molecule has 1 aliphatic heterocycles. The molecule has 32 heavy (non-hydrogen) atoms. The summed E-state index contributed by atoms with van der Waals surface area (Å²) in [7, 11) is -3.75. The zero-order valence-corrected chi connectivity index (χ0v) is 18.6. The molecule has 3 aromatic rings. The van der Waals surface area contributed by atoms with Crippen molar-refractivity contribution in [3.05, 3.63) is 83.4 Å². The predicted molar refractivity (Wildman–Crippen MR) is 122 cm³/mol. The van der Waals surface area contributed by atoms with Crippen LogP contribution in [-0.2, 0) is 10.0 Å². The van der Waals surface area contributed by atoms with Crippen molar-refractivity contribution >= 4 is 21.6 Å². The molecule has 0 unspecified atom stereocenters. The quantitative estimate of drug-likeness (QED) is 0.588. The van der Waals surface area contributed by atoms with Gasteiger partial charge in [0.05, 0.1) is 10.9 Å². The summed E-state index contributed by atoms with van der Waals surface area (Å²) in [5.74, 6) is 1.04. The van der Waals surface area contributed by atoms with Crippen molar-refractivity contribution in [3.63, 3.8) is 0 Å². The first-order chi connectivity index (χ1) is 15.3. The third kappa shape index (κ3) is 4.86. The van der Waals surface area contributed by atoms with Crippen LogP contribution in [0.5, 0.6) is 11.5 Å². The largest absolute Gasteiger partial charge is 0.486 e. The maximum atomic E-state index is 12.7. The maximum Gasteiger partial charge on any atom is 0.261 e. The van der Waals surface area contributed by atoms with Gasteiger partial charge in [-0.15, -0.1) is 0 Å². The van der Waals surface area contributed by atoms with E-state index in [0.29, 0.717) is 36.0 Å². The van der Waals surface area contributed by atoms with E-state index >= 15 is 0 Å². The molecule has 0 spiro atoms. The van der Waals surface area contributed by atoms with Gasteiger partial charge in [0.25, 0.3) is 15.9 Å². The number of anilines is 1. The number of amides is 1. The number of ether oxygens (including phenoxy) is 2. The molecule has 0 radical (unpaired) electrons. The van der Waals surface area contributed by atoms with E-state index in [1.54, 1.807) is 12.1 Å². The van der Waals surface area contributed by atoms with E-state index in [-0.39, 0.29) is 16.8 Å². The minimum Gasteiger partial charge on any atom is -0.486 e. The van der Waals surface area contributed by atoms with Gasteiger partial charge in [-0.25, -0.2) is 8.42 Å². The van der Waals surface area contributed by atoms with E-state index < -0.39 is 10.0 Å². The molecule has 8 heteroatoms. The molecule has 1 atom stereocenters. The summed E-state index contributed by atoms with van der Waals surface area (Å²) in [6.07, 6.45) is 0. The summed E-state index contributed by atoms with van der Waals surface area (Å²) in [6.45, 7) is 4.81. The fourth-order valence-electron chi connectivity index (χ4n) is 3.31. The van der Waals surface area contributed by atoms with Crippen molar-refractivity contribution in [3.8, 4) is 11.5 Å². The number of aryl methyl sites for hydroxylation is 1. The van der Waals surface area contributed by atoms with Gasteiger partial charge < -0.3 is 14.8 Å². The Labute approximate surface area is 187 Å². The highest BCUT2D eigenvalue weighted by atomic mass is 32.2. The highest BCUT2D eigenvalue weighted by Crippen LogP contribution is 2.32. The van der Waals surface area contributed by atoms with Gasteiger partial charge in [0.15, 0.2) is 11.5 Å². The molecule has 0 bridgehead atoms. The van der Waals surface area contributed by atoms with Crippen molar-refractivity contribution in [2.24, 2.45) is 0 Å². The van der Waals surface area contributed by atoms with Crippen LogP contribution in [0.2, 0.25) is 0 Å². The average molecular weight is 453 g/mol. The molecule has 0 saturated carbocycles. The molecule has 0 aromatic heterocycles. The number of rotatable bonds is 6. The Morgan fingerprint density at radius 1 is 0.906 bits per heavy atom. The number of carbonyl (C=O) groups excluding carboxylic acids is 1. The normalized spacial score (nSPS) is 13.8. The Morgan fingerprint density at radius 3 is 2.25 bits per heavy atom. The van der Waals surface area contributed by atoms with Gasteiger partial charge in [-0.1, -0.05) is 23.8 Å². The van der Waals surface area contributed by atoms with Crippen LogP contribution in [0.25, 0.3) is 0 Å². The summed E-state index contributed by atoms with van der Waals surface area (Å²) >= 11 is 0. The van der Waals surface area contributed by atoms with Crippen molar-refractivity contribution in [1.29, 1.82) is 0 Å². The second-order valence-corrected chi connectivity index (χ2v) is 9.28. The zero-order valence-electron chi connectivity index (χ0n) is 17.8. The summed E-state index contributed by atoms with van der Waals surface area (Å²) in [6, 6.07) is 18.2. The minimum atomic E-state index is -3.75. The van der Waals surface area contributed by atoms with Crippen LogP contribution in [0.1, 0.15) is 34.5 Å². The number of carbonyl (C=O) groups is 1. The Balaban J connectivity index is 1.43. The molecule has 0 aliphatic carbocycles. The number of nitrogens with one attached hydrogen (secondary N) is 2. The minimum absolute atomic E-state index is 0.0782. The summed E-state index contributed by atoms with van der Waals surface area (Å²) in [4.78, 5) is 12.7. The Morgan fingerprint density at radius 2 is 1.56 bits per heavy atom. The molecule has 4 rings (SSSR count). The molecule has 166 valence electrons. The van der Waals surface area contributed by atoms with Crippen molar-refractivity contribution in [2.45, 2.75) is 24.8 Å². The predicted octanol–water partition coefficient (Wildman–Crippen LogP) is 4.06. The van der Waals surface area contributed by atoms with Crippen LogP contribution in [0.15, 0.2) is 71.6 Å². The molecule has 3 aromatic carbocycles. The van der Waals surface area contributed by atoms with Gasteiger partial charge in [0, 0.05) is 11.3 Å². The lowest BCUT2D eigenvalue weighted by atomic mass is 10.1. The van der Waals surface area contributed by atoms with Gasteiger partial charge in [0.2, 0.25) is 0 Å². The Kier molecular flexibility index (Phi) is 6.05. The SMILES string of the molecule is Cc1ccc(NS(=O)(=O)c2ccc(C(=O)N[C@H](C)c3ccc4c(c3)OCCO4)cc2)cc1. The number of sulfonamides is 1. The first-order valence-electron chi connectivity index (χ1n) is 10.2. The molecular formula is C24H24N2O5S. The molecule has 1 heterocycles. The van der Waals surface area contributed by atoms with Crippen LogP contribution >= 0.6 is 0 Å². The maximum absolute atomic E-state index is 12.7. The molecule has 7 nitrogen and oxygen atoms in total. The van der Waals surface area contributed by atoms with Crippen LogP contribution in [0, 0.1) is 6.92 Å². The average Bonchev–Trinajstić information content (AvgIpc) is 2.80. The van der Waals surface area contributed by atoms with Gasteiger partial charge in [-0.2, -0.15) is 0 Å². The zero-order chi connectivity index (χ0) is 22.7. The lowest BCUT2D eigenvalue weighted by Crippen LogP contribution is -2.27. The molecule has 1 amide bonds. The molecule has 2 N–H and O–H groups in total. The van der Waals surface area contributed by atoms with Crippen molar-refractivity contribution < 1.29 is 22.7 Å². The summed E-state index contributed by atoms with van der Waals surface area (Å²) in [5.41, 5.74) is 2.76. The van der Waals surface area contributed by atoms with Crippen molar-refractivity contribution in [1.82, 2.24) is 5.32 Å². The molecule has 0 fully saturated rings. The van der Waals surface area contributed by atoms with Gasteiger partial charge in [-0.3, -0.25) is 9.52 Å². The van der Waals surface area contributed by atoms with Crippen LogP contribution in [0.3, 0.4) is 0 Å². The van der Waals surface area contributed by atoms with E-state index in [0.717, 1.165) is 11.1 Å². The third-order valence-corrected chi connectivity index (χ3v) is 6.54. The second kappa shape index (κ2) is 8.92. The highest BCUT2D eigenvalue weighted by molar-refractivity contribution is 7.92. The first-order valence-corrected chi connectivity index (χ1v) is 11.7. The van der Waals surface area contributed by atoms with Crippen molar-refractivity contribution in [2.75, 3.05) is 17.9 Å². The van der Waals surface area contributed by atoms with E-state index in [2.05, 4.69) is 10.0 Å². The van der Waals surface area contributed by atoms with E-state index in [1.807, 2.05) is 44.2 Å². The fourth-order valence-corrected chi connectivity index (χ4v) is 4.37. The Hall–Kier alpha value is -3.52. The van der Waals surface area contributed by atoms with E-state index in [4.69, 9.17) is 9.47 Å². The van der Waals surface area contributed by atoms with Gasteiger partial charge in [-0.05, 0) is 67.9 Å². The number of hydrogen-bond acceptors (Lipinski definition) is 5. The van der Waals surface area contributed by atoms with Crippen LogP contribution in [0.4, 0.5) is 5.69 Å². The second-order valence-electron chi connectivity index (χ2n) is 7.59. The third-order valence-electron chi connectivity index (χ3n) is 5.14. The number of benzene rings is 3. The molecule has 0 saturated heterocycles. The molecule has 1 aliphatic rings. The van der Waals surface area contributed by atoms with E-state index in [1.165, 1.54) is 24.3 Å². The topological polar surface area (TPSA) is 93.7 Å². The number of hydrogen-bond donors (Lipinski definition) is 2. The van der Waals surface area contributed by atoms with Crippen LogP contribution < -0.4 is 19.5 Å². The first kappa shape index (κ1) is 21.7. The lowest BCUT2D eigenvalue weighted by Gasteiger charge is -2.21. The van der Waals surface area contributed by atoms with E-state index in [9.17, 15) is 13.2 Å². The molecular weight excluding hydrogens is 428 g/mol. The standard InChI is InChI=1S/C24H24N2O5S/c1-16-3-8-20(9-4-16)26-32(28,29)21-10-5-18(6-11-21)24(27)25-17(2)19-7-12-22-23(15-19)31-14-13-30-22/h3-12,15,17,26H,13-14H2,1-2H3,(H,25,27)/t17-/m1/s1. The number of fused-ring (bicyclic) bond motifs is 1. The lowest BCUT2D eigenvalue weighted by molar-refractivity contribution is 0.0939. The van der Waals surface area contributed by atoms with Gasteiger partial charge in [0.1, 0.15) is 13.2 Å².